The Bertz CT molecular complexity index is 644. The quantitative estimate of drug-likeness (QED) is 0.880. The van der Waals surface area contributed by atoms with Gasteiger partial charge in [0.15, 0.2) is 0 Å². The fraction of sp³-hybridized carbons (Fsp3) is 0.333. The normalized spacial score (nSPS) is 16.9. The van der Waals surface area contributed by atoms with Gasteiger partial charge in [0.05, 0.1) is 30.6 Å². The Morgan fingerprint density at radius 2 is 2.33 bits per heavy atom. The number of amides is 1. The van der Waals surface area contributed by atoms with Crippen LogP contribution in [0.3, 0.4) is 0 Å². The van der Waals surface area contributed by atoms with Gasteiger partial charge in [0.2, 0.25) is 5.91 Å². The highest BCUT2D eigenvalue weighted by Crippen LogP contribution is 2.31. The molecule has 1 amide bonds. The van der Waals surface area contributed by atoms with Crippen LogP contribution in [0.15, 0.2) is 29.6 Å². The second-order valence-electron chi connectivity index (χ2n) is 4.84. The molecule has 1 aromatic carbocycles. The van der Waals surface area contributed by atoms with Crippen LogP contribution in [0.25, 0.3) is 0 Å². The minimum atomic E-state index is -0.0211. The smallest absolute Gasteiger partial charge is 0.227 e. The van der Waals surface area contributed by atoms with E-state index >= 15 is 0 Å². The molecule has 0 radical (unpaired) electrons. The van der Waals surface area contributed by atoms with Gasteiger partial charge in [0.1, 0.15) is 10.8 Å². The van der Waals surface area contributed by atoms with Gasteiger partial charge in [-0.05, 0) is 6.07 Å². The molecule has 0 saturated heterocycles. The summed E-state index contributed by atoms with van der Waals surface area (Å²) in [4.78, 5) is 16.5. The van der Waals surface area contributed by atoms with Crippen molar-refractivity contribution < 1.29 is 9.53 Å². The molecule has 1 N–H and O–H groups in total. The maximum absolute atomic E-state index is 12.2. The van der Waals surface area contributed by atoms with Crippen molar-refractivity contribution in [3.8, 4) is 5.75 Å². The van der Waals surface area contributed by atoms with E-state index in [2.05, 4.69) is 10.3 Å². The summed E-state index contributed by atoms with van der Waals surface area (Å²) >= 11 is 7.19. The van der Waals surface area contributed by atoms with Gasteiger partial charge in [-0.3, -0.25) is 4.79 Å². The number of carbonyl (C=O) groups is 1. The molecule has 1 aliphatic rings. The van der Waals surface area contributed by atoms with Crippen molar-refractivity contribution in [2.24, 2.45) is 0 Å². The summed E-state index contributed by atoms with van der Waals surface area (Å²) in [7, 11) is 0. The summed E-state index contributed by atoms with van der Waals surface area (Å²) in [6.45, 7) is 0.621. The fourth-order valence-corrected chi connectivity index (χ4v) is 3.39. The van der Waals surface area contributed by atoms with Gasteiger partial charge in [-0.2, -0.15) is 0 Å². The summed E-state index contributed by atoms with van der Waals surface area (Å²) in [5, 5.41) is 5.75. The van der Waals surface area contributed by atoms with E-state index in [1.807, 2.05) is 29.6 Å². The van der Waals surface area contributed by atoms with Crippen LogP contribution in [0, 0.1) is 0 Å². The molecule has 6 heteroatoms. The van der Waals surface area contributed by atoms with Crippen LogP contribution in [0.1, 0.15) is 28.7 Å². The van der Waals surface area contributed by atoms with Crippen molar-refractivity contribution in [2.75, 3.05) is 6.61 Å². The van der Waals surface area contributed by atoms with Gasteiger partial charge >= 0.3 is 0 Å². The second-order valence-corrected chi connectivity index (χ2v) is 6.05. The molecule has 4 nitrogen and oxygen atoms in total. The third kappa shape index (κ3) is 3.36. The van der Waals surface area contributed by atoms with Gasteiger partial charge in [-0.1, -0.05) is 18.2 Å². The standard InChI is InChI=1S/C15H15ClN2O2S/c16-8-10-9-21-15(17-10)7-14(19)18-12-5-6-20-13-4-2-1-3-11(12)13/h1-4,9,12H,5-8H2,(H,18,19). The van der Waals surface area contributed by atoms with Crippen LogP contribution in [-0.2, 0) is 17.1 Å². The van der Waals surface area contributed by atoms with Crippen LogP contribution in [-0.4, -0.2) is 17.5 Å². The van der Waals surface area contributed by atoms with Gasteiger partial charge < -0.3 is 10.1 Å². The van der Waals surface area contributed by atoms with E-state index in [-0.39, 0.29) is 11.9 Å². The lowest BCUT2D eigenvalue weighted by Gasteiger charge is -2.26. The topological polar surface area (TPSA) is 51.2 Å². The largest absolute Gasteiger partial charge is 0.493 e. The molecule has 0 aliphatic carbocycles. The first-order valence-corrected chi connectivity index (χ1v) is 8.18. The Morgan fingerprint density at radius 3 is 3.14 bits per heavy atom. The lowest BCUT2D eigenvalue weighted by molar-refractivity contribution is -0.121. The Hall–Kier alpha value is -1.59. The number of fused-ring (bicyclic) bond motifs is 1. The first-order valence-electron chi connectivity index (χ1n) is 6.76. The van der Waals surface area contributed by atoms with Crippen molar-refractivity contribution in [3.63, 3.8) is 0 Å². The number of ether oxygens (including phenoxy) is 1. The third-order valence-corrected chi connectivity index (χ3v) is 4.51. The van der Waals surface area contributed by atoms with Crippen molar-refractivity contribution in [1.29, 1.82) is 0 Å². The van der Waals surface area contributed by atoms with Crippen LogP contribution >= 0.6 is 22.9 Å². The number of nitrogens with one attached hydrogen (secondary N) is 1. The molecule has 2 heterocycles. The fourth-order valence-electron chi connectivity index (χ4n) is 2.37. The monoisotopic (exact) mass is 322 g/mol. The van der Waals surface area contributed by atoms with Crippen molar-refractivity contribution in [1.82, 2.24) is 10.3 Å². The number of nitrogens with zero attached hydrogens (tertiary/aromatic N) is 1. The first kappa shape index (κ1) is 14.4. The number of hydrogen-bond donors (Lipinski definition) is 1. The molecular weight excluding hydrogens is 308 g/mol. The number of carbonyl (C=O) groups excluding carboxylic acids is 1. The second kappa shape index (κ2) is 6.45. The molecule has 21 heavy (non-hydrogen) atoms. The average Bonchev–Trinajstić information content (AvgIpc) is 2.95. The number of hydrogen-bond acceptors (Lipinski definition) is 4. The minimum Gasteiger partial charge on any atom is -0.493 e. The maximum atomic E-state index is 12.2. The highest BCUT2D eigenvalue weighted by Gasteiger charge is 2.22. The number of alkyl halides is 1. The van der Waals surface area contributed by atoms with Crippen molar-refractivity contribution >= 4 is 28.8 Å². The Balaban J connectivity index is 1.65. The average molecular weight is 323 g/mol. The van der Waals surface area contributed by atoms with Gasteiger partial charge in [0, 0.05) is 17.4 Å². The van der Waals surface area contributed by atoms with E-state index in [1.54, 1.807) is 0 Å². The van der Waals surface area contributed by atoms with Crippen LogP contribution in [0.5, 0.6) is 5.75 Å². The summed E-state index contributed by atoms with van der Waals surface area (Å²) in [5.41, 5.74) is 1.86. The number of rotatable bonds is 4. The lowest BCUT2D eigenvalue weighted by atomic mass is 10.0. The van der Waals surface area contributed by atoms with E-state index < -0.39 is 0 Å². The van der Waals surface area contributed by atoms with E-state index in [0.717, 1.165) is 28.4 Å². The molecule has 0 spiro atoms. The number of halogens is 1. The lowest BCUT2D eigenvalue weighted by Crippen LogP contribution is -2.33. The minimum absolute atomic E-state index is 0.00918. The molecule has 0 fully saturated rings. The zero-order chi connectivity index (χ0) is 14.7. The molecule has 1 atom stereocenters. The van der Waals surface area contributed by atoms with Crippen molar-refractivity contribution in [2.45, 2.75) is 24.8 Å². The van der Waals surface area contributed by atoms with Crippen LogP contribution < -0.4 is 10.1 Å². The predicted octanol–water partition coefficient (Wildman–Crippen LogP) is 3.06. The number of para-hydroxylation sites is 1. The van der Waals surface area contributed by atoms with Gasteiger partial charge in [-0.25, -0.2) is 4.98 Å². The molecule has 1 aromatic heterocycles. The van der Waals surface area contributed by atoms with Crippen molar-refractivity contribution in [3.05, 3.63) is 45.9 Å². The van der Waals surface area contributed by atoms with Gasteiger partial charge in [0.25, 0.3) is 0 Å². The third-order valence-electron chi connectivity index (χ3n) is 3.34. The van der Waals surface area contributed by atoms with Gasteiger partial charge in [-0.15, -0.1) is 22.9 Å². The highest BCUT2D eigenvalue weighted by atomic mass is 35.5. The predicted molar refractivity (Wildman–Crippen MR) is 82.8 cm³/mol. The zero-order valence-electron chi connectivity index (χ0n) is 11.3. The summed E-state index contributed by atoms with van der Waals surface area (Å²) in [6, 6.07) is 7.83. The van der Waals surface area contributed by atoms with E-state index in [1.165, 1.54) is 11.3 Å². The highest BCUT2D eigenvalue weighted by molar-refractivity contribution is 7.09. The molecule has 0 bridgehead atoms. The molecule has 110 valence electrons. The van der Waals surface area contributed by atoms with E-state index in [9.17, 15) is 4.79 Å². The molecular formula is C15H15ClN2O2S. The Morgan fingerprint density at radius 1 is 1.48 bits per heavy atom. The molecule has 0 saturated carbocycles. The number of thiazole rings is 1. The van der Waals surface area contributed by atoms with Crippen LogP contribution in [0.4, 0.5) is 0 Å². The van der Waals surface area contributed by atoms with E-state index in [0.29, 0.717) is 18.9 Å². The first-order chi connectivity index (χ1) is 10.3. The zero-order valence-corrected chi connectivity index (χ0v) is 12.9. The summed E-state index contributed by atoms with van der Waals surface area (Å²) in [6.07, 6.45) is 1.08. The molecule has 1 aliphatic heterocycles. The molecule has 2 aromatic rings. The Kier molecular flexibility index (Phi) is 4.41. The molecule has 1 unspecified atom stereocenters. The SMILES string of the molecule is O=C(Cc1nc(CCl)cs1)NC1CCOc2ccccc21. The molecule has 3 rings (SSSR count). The summed E-state index contributed by atoms with van der Waals surface area (Å²) in [5.74, 6) is 1.21. The van der Waals surface area contributed by atoms with E-state index in [4.69, 9.17) is 16.3 Å². The number of benzene rings is 1. The summed E-state index contributed by atoms with van der Waals surface area (Å²) < 4.78 is 5.60. The maximum Gasteiger partial charge on any atom is 0.227 e. The number of aromatic nitrogens is 1. The Labute approximate surface area is 132 Å². The van der Waals surface area contributed by atoms with Crippen LogP contribution in [0.2, 0.25) is 0 Å².